The molecule has 1 aliphatic rings. The van der Waals surface area contributed by atoms with Gasteiger partial charge in [0.25, 0.3) is 0 Å². The highest BCUT2D eigenvalue weighted by molar-refractivity contribution is 5.32. The van der Waals surface area contributed by atoms with Gasteiger partial charge in [0.15, 0.2) is 0 Å². The van der Waals surface area contributed by atoms with Gasteiger partial charge < -0.3 is 0 Å². The molecule has 29 heavy (non-hydrogen) atoms. The maximum absolute atomic E-state index is 2.78. The largest absolute Gasteiger partial charge is 0.273 e. The molecule has 2 aromatic carbocycles. The molecule has 3 rings (SSSR count). The molecule has 0 saturated carbocycles. The second-order valence-corrected chi connectivity index (χ2v) is 11.6. The lowest BCUT2D eigenvalue weighted by Crippen LogP contribution is -2.58. The molecule has 1 aliphatic heterocycles. The Hall–Kier alpha value is -1.64. The van der Waals surface area contributed by atoms with Gasteiger partial charge in [0, 0.05) is 11.1 Å². The first kappa shape index (κ1) is 22.1. The minimum Gasteiger partial charge on any atom is -0.273 e. The van der Waals surface area contributed by atoms with Crippen molar-refractivity contribution in [2.24, 2.45) is 5.41 Å². The molecular formula is C27H40N2. The Balaban J connectivity index is 2.33. The maximum atomic E-state index is 2.78. The standard InChI is InChI=1S/C27H40N2/c1-25(2,3)24-28(26(4,5)6)22(20-16-12-10-13-17-20)23(29(24)27(7,8)9)21-18-14-11-15-19-21/h10-19,22-24H,1-9H3. The zero-order valence-electron chi connectivity index (χ0n) is 19.9. The third-order valence-corrected chi connectivity index (χ3v) is 6.03. The predicted molar refractivity (Wildman–Crippen MR) is 125 cm³/mol. The van der Waals surface area contributed by atoms with Gasteiger partial charge in [0.1, 0.15) is 0 Å². The van der Waals surface area contributed by atoms with E-state index in [1.54, 1.807) is 0 Å². The Labute approximate surface area is 178 Å². The van der Waals surface area contributed by atoms with Gasteiger partial charge in [-0.05, 0) is 58.1 Å². The summed E-state index contributed by atoms with van der Waals surface area (Å²) in [6, 6.07) is 22.8. The molecule has 1 heterocycles. The molecule has 0 N–H and O–H groups in total. The van der Waals surface area contributed by atoms with Crippen molar-refractivity contribution < 1.29 is 0 Å². The van der Waals surface area contributed by atoms with E-state index in [1.807, 2.05) is 0 Å². The second kappa shape index (κ2) is 7.56. The molecule has 0 amide bonds. The molecular weight excluding hydrogens is 352 g/mol. The predicted octanol–water partition coefficient (Wildman–Crippen LogP) is 7.06. The van der Waals surface area contributed by atoms with E-state index in [4.69, 9.17) is 0 Å². The van der Waals surface area contributed by atoms with Gasteiger partial charge in [-0.3, -0.25) is 9.80 Å². The van der Waals surface area contributed by atoms with Crippen molar-refractivity contribution in [1.82, 2.24) is 9.80 Å². The van der Waals surface area contributed by atoms with Gasteiger partial charge in [-0.2, -0.15) is 0 Å². The first-order chi connectivity index (χ1) is 13.3. The molecule has 1 saturated heterocycles. The highest BCUT2D eigenvalue weighted by Crippen LogP contribution is 2.56. The van der Waals surface area contributed by atoms with Crippen LogP contribution in [0.4, 0.5) is 0 Å². The highest BCUT2D eigenvalue weighted by Gasteiger charge is 2.57. The van der Waals surface area contributed by atoms with E-state index < -0.39 is 0 Å². The van der Waals surface area contributed by atoms with Crippen LogP contribution < -0.4 is 0 Å². The first-order valence-corrected chi connectivity index (χ1v) is 11.0. The zero-order valence-corrected chi connectivity index (χ0v) is 19.9. The molecule has 2 nitrogen and oxygen atoms in total. The Morgan fingerprint density at radius 2 is 0.828 bits per heavy atom. The minimum atomic E-state index is 0.0332. The summed E-state index contributed by atoms with van der Waals surface area (Å²) in [5.74, 6) is 0. The molecule has 0 spiro atoms. The van der Waals surface area contributed by atoms with E-state index in [0.29, 0.717) is 18.2 Å². The van der Waals surface area contributed by atoms with Crippen LogP contribution in [0, 0.1) is 5.41 Å². The summed E-state index contributed by atoms with van der Waals surface area (Å²) >= 11 is 0. The zero-order chi connectivity index (χ0) is 21.6. The average molecular weight is 393 g/mol. The van der Waals surface area contributed by atoms with Crippen molar-refractivity contribution in [1.29, 1.82) is 0 Å². The van der Waals surface area contributed by atoms with Crippen molar-refractivity contribution >= 4 is 0 Å². The van der Waals surface area contributed by atoms with Crippen LogP contribution in [0.2, 0.25) is 0 Å². The smallest absolute Gasteiger partial charge is 0.0692 e. The van der Waals surface area contributed by atoms with Gasteiger partial charge >= 0.3 is 0 Å². The molecule has 2 aromatic rings. The van der Waals surface area contributed by atoms with Gasteiger partial charge in [0.05, 0.1) is 18.2 Å². The van der Waals surface area contributed by atoms with E-state index in [2.05, 4.69) is 133 Å². The monoisotopic (exact) mass is 392 g/mol. The molecule has 2 unspecified atom stereocenters. The Morgan fingerprint density at radius 3 is 1.07 bits per heavy atom. The van der Waals surface area contributed by atoms with Crippen LogP contribution in [0.5, 0.6) is 0 Å². The quantitative estimate of drug-likeness (QED) is 0.540. The summed E-state index contributed by atoms with van der Waals surface area (Å²) < 4.78 is 0. The highest BCUT2D eigenvalue weighted by atomic mass is 15.5. The first-order valence-electron chi connectivity index (χ1n) is 11.0. The fourth-order valence-corrected chi connectivity index (χ4v) is 5.13. The van der Waals surface area contributed by atoms with Crippen molar-refractivity contribution in [3.8, 4) is 0 Å². The van der Waals surface area contributed by atoms with E-state index >= 15 is 0 Å². The van der Waals surface area contributed by atoms with Crippen molar-refractivity contribution in [2.45, 2.75) is 91.6 Å². The lowest BCUT2D eigenvalue weighted by Gasteiger charge is -2.50. The lowest BCUT2D eigenvalue weighted by atomic mass is 9.86. The number of nitrogens with zero attached hydrogens (tertiary/aromatic N) is 2. The molecule has 0 bridgehead atoms. The van der Waals surface area contributed by atoms with Crippen LogP contribution in [0.1, 0.15) is 85.5 Å². The van der Waals surface area contributed by atoms with Gasteiger partial charge in [-0.1, -0.05) is 81.4 Å². The summed E-state index contributed by atoms with van der Waals surface area (Å²) in [6.07, 6.45) is 0.318. The summed E-state index contributed by atoms with van der Waals surface area (Å²) in [7, 11) is 0. The molecule has 2 heteroatoms. The number of rotatable bonds is 2. The molecule has 2 atom stereocenters. The lowest BCUT2D eigenvalue weighted by molar-refractivity contribution is -0.0592. The van der Waals surface area contributed by atoms with Gasteiger partial charge in [0.2, 0.25) is 0 Å². The van der Waals surface area contributed by atoms with Crippen LogP contribution >= 0.6 is 0 Å². The molecule has 158 valence electrons. The van der Waals surface area contributed by atoms with Crippen LogP contribution in [0.15, 0.2) is 60.7 Å². The number of hydrogen-bond donors (Lipinski definition) is 0. The minimum absolute atomic E-state index is 0.0332. The Bertz CT molecular complexity index is 727. The fraction of sp³-hybridized carbons (Fsp3) is 0.556. The Kier molecular flexibility index (Phi) is 5.75. The molecule has 0 aliphatic carbocycles. The molecule has 1 fully saturated rings. The summed E-state index contributed by atoms with van der Waals surface area (Å²) in [5, 5.41) is 0. The van der Waals surface area contributed by atoms with Crippen molar-refractivity contribution in [2.75, 3.05) is 0 Å². The normalized spacial score (nSPS) is 24.8. The number of benzene rings is 2. The third kappa shape index (κ3) is 4.29. The van der Waals surface area contributed by atoms with E-state index in [1.165, 1.54) is 11.1 Å². The van der Waals surface area contributed by atoms with Crippen LogP contribution in [0.25, 0.3) is 0 Å². The van der Waals surface area contributed by atoms with Crippen LogP contribution in [-0.2, 0) is 0 Å². The van der Waals surface area contributed by atoms with Gasteiger partial charge in [-0.15, -0.1) is 0 Å². The average Bonchev–Trinajstić information content (AvgIpc) is 3.00. The van der Waals surface area contributed by atoms with E-state index in [0.717, 1.165) is 0 Å². The maximum Gasteiger partial charge on any atom is 0.0692 e. The van der Waals surface area contributed by atoms with Crippen molar-refractivity contribution in [3.05, 3.63) is 71.8 Å². The second-order valence-electron chi connectivity index (χ2n) is 11.6. The molecule has 0 aromatic heterocycles. The van der Waals surface area contributed by atoms with Crippen LogP contribution in [0.3, 0.4) is 0 Å². The number of hydrogen-bond acceptors (Lipinski definition) is 2. The van der Waals surface area contributed by atoms with E-state index in [-0.39, 0.29) is 16.5 Å². The summed E-state index contributed by atoms with van der Waals surface area (Å²) in [5.41, 5.74) is 2.98. The third-order valence-electron chi connectivity index (χ3n) is 6.03. The Morgan fingerprint density at radius 1 is 0.517 bits per heavy atom. The van der Waals surface area contributed by atoms with E-state index in [9.17, 15) is 0 Å². The topological polar surface area (TPSA) is 6.48 Å². The summed E-state index contributed by atoms with van der Waals surface area (Å²) in [4.78, 5) is 5.57. The SMILES string of the molecule is CC(C)(C)C1N(C(C)(C)C)C(c2ccccc2)C(c2ccccc2)N1C(C)(C)C. The van der Waals surface area contributed by atoms with Crippen LogP contribution in [-0.4, -0.2) is 27.0 Å². The van der Waals surface area contributed by atoms with Crippen molar-refractivity contribution in [3.63, 3.8) is 0 Å². The molecule has 0 radical (unpaired) electrons. The van der Waals surface area contributed by atoms with Gasteiger partial charge in [-0.25, -0.2) is 0 Å². The fourth-order valence-electron chi connectivity index (χ4n) is 5.13. The summed E-state index contributed by atoms with van der Waals surface area (Å²) in [6.45, 7) is 21.4.